The number of nitrogen functional groups attached to an aromatic ring is 1. The Morgan fingerprint density at radius 2 is 1.68 bits per heavy atom. The molecule has 4 nitrogen and oxygen atoms in total. The summed E-state index contributed by atoms with van der Waals surface area (Å²) in [6.07, 6.45) is 4.82. The molecule has 4 heteroatoms. The first-order valence-electron chi connectivity index (χ1n) is 6.91. The number of rotatable bonds is 2. The molecule has 1 aromatic heterocycles. The number of anilines is 1. The summed E-state index contributed by atoms with van der Waals surface area (Å²) in [5.41, 5.74) is 7.57. The molecule has 1 fully saturated rings. The number of ether oxygens (including phenoxy) is 1. The van der Waals surface area contributed by atoms with Crippen LogP contribution in [0.4, 0.5) is 5.82 Å². The highest BCUT2D eigenvalue weighted by Gasteiger charge is 2.21. The summed E-state index contributed by atoms with van der Waals surface area (Å²) in [7, 11) is 0. The van der Waals surface area contributed by atoms with E-state index in [0.717, 1.165) is 29.8 Å². The van der Waals surface area contributed by atoms with Crippen molar-refractivity contribution in [2.75, 3.05) is 5.73 Å². The fourth-order valence-electron chi connectivity index (χ4n) is 2.59. The van der Waals surface area contributed by atoms with Crippen LogP contribution in [0, 0.1) is 5.92 Å². The molecule has 1 saturated carbocycles. The lowest BCUT2D eigenvalue weighted by molar-refractivity contribution is 0.131. The summed E-state index contributed by atoms with van der Waals surface area (Å²) in [6.45, 7) is 2.29. The molecule has 1 heterocycles. The van der Waals surface area contributed by atoms with Crippen molar-refractivity contribution in [1.29, 1.82) is 0 Å². The van der Waals surface area contributed by atoms with E-state index in [9.17, 15) is 0 Å². The molecule has 0 unspecified atom stereocenters. The Labute approximate surface area is 113 Å². The third-order valence-corrected chi connectivity index (χ3v) is 3.80. The quantitative estimate of drug-likeness (QED) is 0.897. The third-order valence-electron chi connectivity index (χ3n) is 3.80. The SMILES string of the molecule is CC1CCC(Oc2nc3ccccc3nc2N)CC1. The maximum absolute atomic E-state index is 5.94. The predicted molar refractivity (Wildman–Crippen MR) is 76.0 cm³/mol. The lowest BCUT2D eigenvalue weighted by Crippen LogP contribution is -2.24. The van der Waals surface area contributed by atoms with Gasteiger partial charge < -0.3 is 10.5 Å². The zero-order chi connectivity index (χ0) is 13.2. The maximum atomic E-state index is 5.94. The molecule has 0 amide bonds. The maximum Gasteiger partial charge on any atom is 0.258 e. The molecule has 19 heavy (non-hydrogen) atoms. The van der Waals surface area contributed by atoms with Gasteiger partial charge in [-0.15, -0.1) is 0 Å². The lowest BCUT2D eigenvalue weighted by atomic mass is 9.89. The Balaban J connectivity index is 1.82. The van der Waals surface area contributed by atoms with Crippen molar-refractivity contribution >= 4 is 16.9 Å². The highest BCUT2D eigenvalue weighted by molar-refractivity contribution is 5.76. The molecule has 1 aliphatic carbocycles. The molecule has 0 spiro atoms. The van der Waals surface area contributed by atoms with E-state index in [2.05, 4.69) is 16.9 Å². The van der Waals surface area contributed by atoms with Crippen LogP contribution in [0.5, 0.6) is 5.88 Å². The molecule has 0 atom stereocenters. The largest absolute Gasteiger partial charge is 0.472 e. The van der Waals surface area contributed by atoms with Crippen LogP contribution >= 0.6 is 0 Å². The number of hydrogen-bond donors (Lipinski definition) is 1. The van der Waals surface area contributed by atoms with Crippen LogP contribution in [-0.2, 0) is 0 Å². The van der Waals surface area contributed by atoms with Crippen molar-refractivity contribution in [3.05, 3.63) is 24.3 Å². The summed E-state index contributed by atoms with van der Waals surface area (Å²) >= 11 is 0. The monoisotopic (exact) mass is 257 g/mol. The molecule has 0 bridgehead atoms. The lowest BCUT2D eigenvalue weighted by Gasteiger charge is -2.26. The normalized spacial score (nSPS) is 23.4. The first-order chi connectivity index (χ1) is 9.22. The number of para-hydroxylation sites is 2. The summed E-state index contributed by atoms with van der Waals surface area (Å²) in [5, 5.41) is 0. The molecule has 0 radical (unpaired) electrons. The van der Waals surface area contributed by atoms with Crippen molar-refractivity contribution < 1.29 is 4.74 Å². The molecule has 0 saturated heterocycles. The van der Waals surface area contributed by atoms with Gasteiger partial charge in [0.1, 0.15) is 6.10 Å². The standard InChI is InChI=1S/C15H19N3O/c1-10-6-8-11(9-7-10)19-15-14(16)17-12-4-2-3-5-13(12)18-15/h2-5,10-11H,6-9H2,1H3,(H2,16,17). The first-order valence-corrected chi connectivity index (χ1v) is 6.91. The highest BCUT2D eigenvalue weighted by Crippen LogP contribution is 2.29. The zero-order valence-corrected chi connectivity index (χ0v) is 11.2. The van der Waals surface area contributed by atoms with Gasteiger partial charge in [0.2, 0.25) is 0 Å². The van der Waals surface area contributed by atoms with Crippen molar-refractivity contribution in [2.45, 2.75) is 38.7 Å². The van der Waals surface area contributed by atoms with Gasteiger partial charge in [-0.1, -0.05) is 19.1 Å². The Hall–Kier alpha value is -1.84. The predicted octanol–water partition coefficient (Wildman–Crippen LogP) is 3.17. The molecular formula is C15H19N3O. The van der Waals surface area contributed by atoms with Crippen LogP contribution < -0.4 is 10.5 Å². The molecular weight excluding hydrogens is 238 g/mol. The summed E-state index contributed by atoms with van der Waals surface area (Å²) in [5.74, 6) is 1.68. The van der Waals surface area contributed by atoms with Gasteiger partial charge in [0.25, 0.3) is 5.88 Å². The average Bonchev–Trinajstić information content (AvgIpc) is 2.42. The Morgan fingerprint density at radius 3 is 2.37 bits per heavy atom. The van der Waals surface area contributed by atoms with Crippen molar-refractivity contribution in [2.24, 2.45) is 5.92 Å². The average molecular weight is 257 g/mol. The van der Waals surface area contributed by atoms with Crippen LogP contribution in [0.2, 0.25) is 0 Å². The van der Waals surface area contributed by atoms with E-state index in [0.29, 0.717) is 11.7 Å². The smallest absolute Gasteiger partial charge is 0.258 e. The van der Waals surface area contributed by atoms with E-state index in [1.807, 2.05) is 24.3 Å². The van der Waals surface area contributed by atoms with Crippen LogP contribution in [-0.4, -0.2) is 16.1 Å². The van der Waals surface area contributed by atoms with Gasteiger partial charge in [0.15, 0.2) is 5.82 Å². The van der Waals surface area contributed by atoms with E-state index in [-0.39, 0.29) is 6.10 Å². The van der Waals surface area contributed by atoms with Crippen LogP contribution in [0.25, 0.3) is 11.0 Å². The van der Waals surface area contributed by atoms with E-state index in [1.165, 1.54) is 12.8 Å². The van der Waals surface area contributed by atoms with Crippen molar-refractivity contribution in [1.82, 2.24) is 9.97 Å². The van der Waals surface area contributed by atoms with Gasteiger partial charge >= 0.3 is 0 Å². The minimum absolute atomic E-state index is 0.231. The molecule has 2 aromatic rings. The molecule has 2 N–H and O–H groups in total. The van der Waals surface area contributed by atoms with Gasteiger partial charge in [-0.3, -0.25) is 0 Å². The second kappa shape index (κ2) is 5.03. The van der Waals surface area contributed by atoms with Crippen LogP contribution in [0.3, 0.4) is 0 Å². The summed E-state index contributed by atoms with van der Waals surface area (Å²) in [4.78, 5) is 8.82. The highest BCUT2D eigenvalue weighted by atomic mass is 16.5. The molecule has 0 aliphatic heterocycles. The summed E-state index contributed by atoms with van der Waals surface area (Å²) < 4.78 is 5.94. The molecule has 3 rings (SSSR count). The Morgan fingerprint density at radius 1 is 1.05 bits per heavy atom. The van der Waals surface area contributed by atoms with Crippen LogP contribution in [0.15, 0.2) is 24.3 Å². The number of nitrogens with two attached hydrogens (primary N) is 1. The summed E-state index contributed by atoms with van der Waals surface area (Å²) in [6, 6.07) is 7.71. The van der Waals surface area contributed by atoms with Gasteiger partial charge in [-0.2, -0.15) is 0 Å². The third kappa shape index (κ3) is 2.62. The first kappa shape index (κ1) is 12.2. The molecule has 1 aliphatic rings. The number of benzene rings is 1. The van der Waals surface area contributed by atoms with Crippen molar-refractivity contribution in [3.8, 4) is 5.88 Å². The van der Waals surface area contributed by atoms with Gasteiger partial charge in [0, 0.05) is 0 Å². The van der Waals surface area contributed by atoms with Gasteiger partial charge in [-0.05, 0) is 43.7 Å². The van der Waals surface area contributed by atoms with E-state index in [1.54, 1.807) is 0 Å². The fourth-order valence-corrected chi connectivity index (χ4v) is 2.59. The topological polar surface area (TPSA) is 61.0 Å². The number of aromatic nitrogens is 2. The van der Waals surface area contributed by atoms with E-state index >= 15 is 0 Å². The number of hydrogen-bond acceptors (Lipinski definition) is 4. The fraction of sp³-hybridized carbons (Fsp3) is 0.467. The zero-order valence-electron chi connectivity index (χ0n) is 11.2. The number of nitrogens with zero attached hydrogens (tertiary/aromatic N) is 2. The van der Waals surface area contributed by atoms with E-state index < -0.39 is 0 Å². The minimum atomic E-state index is 0.231. The van der Waals surface area contributed by atoms with Gasteiger partial charge in [0.05, 0.1) is 11.0 Å². The van der Waals surface area contributed by atoms with Crippen LogP contribution in [0.1, 0.15) is 32.6 Å². The second-order valence-corrected chi connectivity index (χ2v) is 5.40. The minimum Gasteiger partial charge on any atom is -0.472 e. The molecule has 100 valence electrons. The number of fused-ring (bicyclic) bond motifs is 1. The van der Waals surface area contributed by atoms with E-state index in [4.69, 9.17) is 10.5 Å². The molecule has 1 aromatic carbocycles. The second-order valence-electron chi connectivity index (χ2n) is 5.40. The Bertz CT molecular complexity index is 577. The van der Waals surface area contributed by atoms with Gasteiger partial charge in [-0.25, -0.2) is 9.97 Å². The van der Waals surface area contributed by atoms with Crippen molar-refractivity contribution in [3.63, 3.8) is 0 Å². The Kier molecular flexibility index (Phi) is 3.23.